The van der Waals surface area contributed by atoms with Gasteiger partial charge in [0.05, 0.1) is 23.9 Å². The molecular formula is C19H13ClF4N4O2. The predicted octanol–water partition coefficient (Wildman–Crippen LogP) is 3.69. The Morgan fingerprint density at radius 3 is 2.23 bits per heavy atom. The van der Waals surface area contributed by atoms with Gasteiger partial charge in [-0.15, -0.1) is 0 Å². The minimum absolute atomic E-state index is 0.0473. The van der Waals surface area contributed by atoms with Crippen LogP contribution in [-0.4, -0.2) is 21.6 Å². The van der Waals surface area contributed by atoms with Crippen LogP contribution in [0.2, 0.25) is 5.02 Å². The number of alkyl halides is 3. The smallest absolute Gasteiger partial charge is 0.273 e. The molecule has 0 bridgehead atoms. The summed E-state index contributed by atoms with van der Waals surface area (Å²) in [6.45, 7) is 0. The summed E-state index contributed by atoms with van der Waals surface area (Å²) in [5.41, 5.74) is 2.37. The van der Waals surface area contributed by atoms with Crippen molar-refractivity contribution in [3.05, 3.63) is 82.4 Å². The van der Waals surface area contributed by atoms with Gasteiger partial charge in [0.15, 0.2) is 5.69 Å². The van der Waals surface area contributed by atoms with Crippen LogP contribution in [0.15, 0.2) is 54.7 Å². The van der Waals surface area contributed by atoms with Gasteiger partial charge in [-0.2, -0.15) is 18.3 Å². The van der Waals surface area contributed by atoms with Crippen LogP contribution < -0.4 is 10.9 Å². The molecule has 3 aromatic rings. The quantitative estimate of drug-likeness (QED) is 0.480. The van der Waals surface area contributed by atoms with Crippen molar-refractivity contribution in [1.29, 1.82) is 0 Å². The van der Waals surface area contributed by atoms with Gasteiger partial charge >= 0.3 is 6.18 Å². The average molecular weight is 441 g/mol. The number of carbonyl (C=O) groups is 2. The van der Waals surface area contributed by atoms with Crippen LogP contribution in [0.1, 0.15) is 21.6 Å². The number of rotatable bonds is 4. The summed E-state index contributed by atoms with van der Waals surface area (Å²) >= 11 is 5.75. The Bertz CT molecular complexity index is 1060. The highest BCUT2D eigenvalue weighted by Gasteiger charge is 2.40. The van der Waals surface area contributed by atoms with Crippen LogP contribution in [0.3, 0.4) is 0 Å². The van der Waals surface area contributed by atoms with Crippen molar-refractivity contribution < 1.29 is 27.2 Å². The maximum absolute atomic E-state index is 13.6. The first-order valence-corrected chi connectivity index (χ1v) is 8.78. The molecule has 2 amide bonds. The molecule has 3 rings (SSSR count). The molecule has 156 valence electrons. The van der Waals surface area contributed by atoms with E-state index >= 15 is 0 Å². The number of nitrogens with zero attached hydrogens (tertiary/aromatic N) is 2. The van der Waals surface area contributed by atoms with E-state index in [4.69, 9.17) is 11.6 Å². The summed E-state index contributed by atoms with van der Waals surface area (Å²) in [5, 5.41) is 3.97. The number of hydrazine groups is 1. The van der Waals surface area contributed by atoms with E-state index in [1.54, 1.807) is 0 Å². The fraction of sp³-hybridized carbons (Fsp3) is 0.105. The largest absolute Gasteiger partial charge is 0.434 e. The minimum atomic E-state index is -4.90. The molecule has 0 spiro atoms. The average Bonchev–Trinajstić information content (AvgIpc) is 3.14. The Morgan fingerprint density at radius 2 is 1.63 bits per heavy atom. The summed E-state index contributed by atoms with van der Waals surface area (Å²) in [6.07, 6.45) is -4.36. The summed E-state index contributed by atoms with van der Waals surface area (Å²) in [6, 6.07) is 10.4. The van der Waals surface area contributed by atoms with E-state index in [2.05, 4.69) is 5.10 Å². The molecule has 0 aliphatic rings. The summed E-state index contributed by atoms with van der Waals surface area (Å²) in [5.74, 6) is -2.38. The van der Waals surface area contributed by atoms with Gasteiger partial charge in [-0.25, -0.2) is 9.07 Å². The van der Waals surface area contributed by atoms with Gasteiger partial charge < -0.3 is 0 Å². The molecule has 0 aliphatic heterocycles. The highest BCUT2D eigenvalue weighted by atomic mass is 35.5. The number of amides is 2. The summed E-state index contributed by atoms with van der Waals surface area (Å²) < 4.78 is 54.2. The van der Waals surface area contributed by atoms with E-state index < -0.39 is 35.1 Å². The Morgan fingerprint density at radius 1 is 1.00 bits per heavy atom. The molecule has 0 saturated heterocycles. The summed E-state index contributed by atoms with van der Waals surface area (Å²) in [4.78, 5) is 24.2. The number of halogens is 5. The van der Waals surface area contributed by atoms with Crippen molar-refractivity contribution >= 4 is 23.4 Å². The molecule has 0 aliphatic carbocycles. The van der Waals surface area contributed by atoms with Gasteiger partial charge in [-0.3, -0.25) is 20.4 Å². The third-order valence-electron chi connectivity index (χ3n) is 3.95. The molecule has 2 N–H and O–H groups in total. The number of benzene rings is 2. The molecule has 1 heterocycles. The van der Waals surface area contributed by atoms with Crippen molar-refractivity contribution in [1.82, 2.24) is 20.6 Å². The van der Waals surface area contributed by atoms with E-state index in [-0.39, 0.29) is 12.1 Å². The second-order valence-corrected chi connectivity index (χ2v) is 6.53. The molecule has 0 atom stereocenters. The SMILES string of the molecule is O=C(Cc1ccc(F)cc1)NNC(=O)c1cnn(-c2ccc(Cl)cc2)c1C(F)(F)F. The van der Waals surface area contributed by atoms with Crippen LogP contribution in [0.4, 0.5) is 17.6 Å². The Kier molecular flexibility index (Phi) is 6.06. The van der Waals surface area contributed by atoms with Gasteiger partial charge in [0.2, 0.25) is 5.91 Å². The van der Waals surface area contributed by atoms with Crippen molar-refractivity contribution in [2.24, 2.45) is 0 Å². The van der Waals surface area contributed by atoms with Crippen molar-refractivity contribution in [2.75, 3.05) is 0 Å². The zero-order valence-corrected chi connectivity index (χ0v) is 15.8. The monoisotopic (exact) mass is 440 g/mol. The number of carbonyl (C=O) groups excluding carboxylic acids is 2. The molecule has 0 unspecified atom stereocenters. The second-order valence-electron chi connectivity index (χ2n) is 6.10. The molecule has 11 heteroatoms. The molecule has 2 aromatic carbocycles. The zero-order chi connectivity index (χ0) is 21.9. The lowest BCUT2D eigenvalue weighted by Crippen LogP contribution is -2.42. The van der Waals surface area contributed by atoms with Crippen LogP contribution in [-0.2, 0) is 17.4 Å². The van der Waals surface area contributed by atoms with Crippen LogP contribution in [0.25, 0.3) is 5.69 Å². The molecule has 6 nitrogen and oxygen atoms in total. The van der Waals surface area contributed by atoms with Crippen molar-refractivity contribution in [3.63, 3.8) is 0 Å². The topological polar surface area (TPSA) is 76.0 Å². The fourth-order valence-corrected chi connectivity index (χ4v) is 2.72. The number of nitrogens with one attached hydrogen (secondary N) is 2. The molecule has 0 radical (unpaired) electrons. The van der Waals surface area contributed by atoms with Crippen molar-refractivity contribution in [2.45, 2.75) is 12.6 Å². The van der Waals surface area contributed by atoms with Gasteiger partial charge in [-0.05, 0) is 42.0 Å². The van der Waals surface area contributed by atoms with Gasteiger partial charge in [0.25, 0.3) is 5.91 Å². The second kappa shape index (κ2) is 8.54. The summed E-state index contributed by atoms with van der Waals surface area (Å²) in [7, 11) is 0. The first kappa shape index (κ1) is 21.3. The van der Waals surface area contributed by atoms with Gasteiger partial charge in [0, 0.05) is 5.02 Å². The Labute approximate surface area is 172 Å². The number of aromatic nitrogens is 2. The molecular weight excluding hydrogens is 428 g/mol. The van der Waals surface area contributed by atoms with E-state index in [1.807, 2.05) is 10.9 Å². The third-order valence-corrected chi connectivity index (χ3v) is 4.20. The third kappa shape index (κ3) is 4.95. The lowest BCUT2D eigenvalue weighted by atomic mass is 10.1. The fourth-order valence-electron chi connectivity index (χ4n) is 2.59. The predicted molar refractivity (Wildman–Crippen MR) is 99.3 cm³/mol. The van der Waals surface area contributed by atoms with E-state index in [0.717, 1.165) is 18.3 Å². The van der Waals surface area contributed by atoms with E-state index in [9.17, 15) is 27.2 Å². The first-order valence-electron chi connectivity index (χ1n) is 8.40. The van der Waals surface area contributed by atoms with Gasteiger partial charge in [-0.1, -0.05) is 23.7 Å². The number of hydrogen-bond donors (Lipinski definition) is 2. The molecule has 30 heavy (non-hydrogen) atoms. The molecule has 1 aromatic heterocycles. The standard InChI is InChI=1S/C19H13ClF4N4O2/c20-12-3-7-14(8-4-12)28-17(19(22,23)24)15(10-25-28)18(30)27-26-16(29)9-11-1-5-13(21)6-2-11/h1-8,10H,9H2,(H,26,29)(H,27,30). The lowest BCUT2D eigenvalue weighted by molar-refractivity contribution is -0.143. The zero-order valence-electron chi connectivity index (χ0n) is 15.0. The maximum Gasteiger partial charge on any atom is 0.434 e. The van der Waals surface area contributed by atoms with Crippen molar-refractivity contribution in [3.8, 4) is 5.69 Å². The lowest BCUT2D eigenvalue weighted by Gasteiger charge is -2.13. The van der Waals surface area contributed by atoms with Crippen LogP contribution >= 0.6 is 11.6 Å². The van der Waals surface area contributed by atoms with E-state index in [1.165, 1.54) is 36.4 Å². The minimum Gasteiger partial charge on any atom is -0.273 e. The van der Waals surface area contributed by atoms with Crippen LogP contribution in [0.5, 0.6) is 0 Å². The normalized spacial score (nSPS) is 11.2. The molecule has 0 fully saturated rings. The Hall–Kier alpha value is -3.40. The first-order chi connectivity index (χ1) is 14.1. The van der Waals surface area contributed by atoms with Gasteiger partial charge in [0.1, 0.15) is 5.82 Å². The number of hydrogen-bond acceptors (Lipinski definition) is 3. The Balaban J connectivity index is 1.76. The highest BCUT2D eigenvalue weighted by molar-refractivity contribution is 6.30. The van der Waals surface area contributed by atoms with E-state index in [0.29, 0.717) is 15.3 Å². The van der Waals surface area contributed by atoms with Crippen LogP contribution in [0, 0.1) is 5.82 Å². The highest BCUT2D eigenvalue weighted by Crippen LogP contribution is 2.33. The molecule has 0 saturated carbocycles. The maximum atomic E-state index is 13.6.